The predicted octanol–water partition coefficient (Wildman–Crippen LogP) is 5.41. The first-order valence-corrected chi connectivity index (χ1v) is 8.53. The van der Waals surface area contributed by atoms with Crippen LogP contribution in [0.15, 0.2) is 48.7 Å². The van der Waals surface area contributed by atoms with E-state index in [1.807, 2.05) is 55.8 Å². The Morgan fingerprint density at radius 2 is 1.68 bits per heavy atom. The van der Waals surface area contributed by atoms with Crippen molar-refractivity contribution in [3.63, 3.8) is 0 Å². The van der Waals surface area contributed by atoms with Crippen molar-refractivity contribution in [1.29, 1.82) is 0 Å². The SMILES string of the molecule is [2H]C([2H])([2H])c1ccc(-c2c(C)ccc3c2-c2cc(C)ccc2C3(C)C([2H])([2H])[2H])[n+](C)c1. The van der Waals surface area contributed by atoms with Crippen molar-refractivity contribution in [2.24, 2.45) is 7.05 Å². The summed E-state index contributed by atoms with van der Waals surface area (Å²) in [7, 11) is 1.83. The van der Waals surface area contributed by atoms with Crippen LogP contribution in [-0.2, 0) is 12.5 Å². The lowest BCUT2D eigenvalue weighted by Crippen LogP contribution is -2.31. The van der Waals surface area contributed by atoms with Crippen LogP contribution in [0.1, 0.15) is 49.8 Å². The van der Waals surface area contributed by atoms with E-state index in [9.17, 15) is 0 Å². The zero-order valence-electron chi connectivity index (χ0n) is 21.1. The highest BCUT2D eigenvalue weighted by Gasteiger charge is 2.38. The Hall–Kier alpha value is -2.41. The molecule has 0 saturated carbocycles. The van der Waals surface area contributed by atoms with Crippen LogP contribution in [0, 0.1) is 20.7 Å². The molecule has 0 spiro atoms. The molecule has 1 heterocycles. The number of aromatic nitrogens is 1. The van der Waals surface area contributed by atoms with E-state index in [1.165, 1.54) is 0 Å². The summed E-state index contributed by atoms with van der Waals surface area (Å²) in [5, 5.41) is 0. The fraction of sp³-hybridized carbons (Fsp3) is 0.292. The zero-order chi connectivity index (χ0) is 22.9. The molecule has 1 aromatic heterocycles. The predicted molar refractivity (Wildman–Crippen MR) is 105 cm³/mol. The molecule has 0 saturated heterocycles. The fourth-order valence-corrected chi connectivity index (χ4v) is 4.05. The van der Waals surface area contributed by atoms with E-state index < -0.39 is 19.1 Å². The number of fused-ring (bicyclic) bond motifs is 3. The number of aryl methyl sites for hydroxylation is 4. The van der Waals surface area contributed by atoms with Gasteiger partial charge in [-0.25, -0.2) is 4.57 Å². The van der Waals surface area contributed by atoms with Gasteiger partial charge in [-0.05, 0) is 49.0 Å². The van der Waals surface area contributed by atoms with Crippen molar-refractivity contribution in [3.05, 3.63) is 76.5 Å². The van der Waals surface area contributed by atoms with E-state index in [4.69, 9.17) is 8.22 Å². The second kappa shape index (κ2) is 5.29. The van der Waals surface area contributed by atoms with Crippen LogP contribution in [-0.4, -0.2) is 0 Å². The summed E-state index contributed by atoms with van der Waals surface area (Å²) < 4.78 is 50.1. The van der Waals surface area contributed by atoms with Crippen LogP contribution in [0.2, 0.25) is 0 Å². The van der Waals surface area contributed by atoms with Crippen molar-refractivity contribution in [2.45, 2.75) is 39.9 Å². The smallest absolute Gasteiger partial charge is 0.201 e. The molecule has 1 atom stereocenters. The third-order valence-corrected chi connectivity index (χ3v) is 5.33. The Morgan fingerprint density at radius 1 is 0.920 bits per heavy atom. The van der Waals surface area contributed by atoms with Crippen LogP contribution in [0.3, 0.4) is 0 Å². The molecule has 0 aliphatic heterocycles. The van der Waals surface area contributed by atoms with Gasteiger partial charge in [0.2, 0.25) is 5.69 Å². The maximum Gasteiger partial charge on any atom is 0.213 e. The molecule has 0 bridgehead atoms. The Kier molecular flexibility index (Phi) is 2.23. The van der Waals surface area contributed by atoms with Crippen LogP contribution >= 0.6 is 0 Å². The van der Waals surface area contributed by atoms with Gasteiger partial charge in [0.05, 0.1) is 5.56 Å². The van der Waals surface area contributed by atoms with Crippen molar-refractivity contribution < 1.29 is 12.8 Å². The Bertz CT molecular complexity index is 1210. The minimum Gasteiger partial charge on any atom is -0.201 e. The Balaban J connectivity index is 2.09. The second-order valence-corrected chi connectivity index (χ2v) is 7.27. The summed E-state index contributed by atoms with van der Waals surface area (Å²) in [5.74, 6) is 0. The number of rotatable bonds is 1. The molecule has 1 unspecified atom stereocenters. The van der Waals surface area contributed by atoms with Crippen LogP contribution < -0.4 is 4.57 Å². The van der Waals surface area contributed by atoms with E-state index in [-0.39, 0.29) is 5.56 Å². The van der Waals surface area contributed by atoms with Gasteiger partial charge in [-0.1, -0.05) is 49.7 Å². The largest absolute Gasteiger partial charge is 0.213 e. The number of nitrogens with zero attached hydrogens (tertiary/aromatic N) is 1. The maximum atomic E-state index is 8.37. The van der Waals surface area contributed by atoms with Gasteiger partial charge in [-0.3, -0.25) is 0 Å². The number of pyridine rings is 1. The molecule has 0 amide bonds. The molecule has 1 aliphatic carbocycles. The van der Waals surface area contributed by atoms with Crippen LogP contribution in [0.4, 0.5) is 0 Å². The van der Waals surface area contributed by atoms with Crippen LogP contribution in [0.25, 0.3) is 22.4 Å². The summed E-state index contributed by atoms with van der Waals surface area (Å²) in [4.78, 5) is 0. The van der Waals surface area contributed by atoms with Gasteiger partial charge in [0.15, 0.2) is 6.20 Å². The van der Waals surface area contributed by atoms with E-state index in [1.54, 1.807) is 19.2 Å². The standard InChI is InChI=1S/C24H26N/c1-15-7-10-19-18(13-15)23-20(24(19,4)5)11-9-17(3)22(23)21-12-8-16(2)14-25(21)6/h7-14H,1-6H3/q+1/i2D3,4D3. The number of hydrogen-bond donors (Lipinski definition) is 0. The highest BCUT2D eigenvalue weighted by atomic mass is 14.9. The van der Waals surface area contributed by atoms with Gasteiger partial charge in [0, 0.05) is 30.8 Å². The van der Waals surface area contributed by atoms with Gasteiger partial charge in [0.25, 0.3) is 0 Å². The molecule has 0 radical (unpaired) electrons. The summed E-state index contributed by atoms with van der Waals surface area (Å²) in [5.41, 5.74) is 6.48. The van der Waals surface area contributed by atoms with E-state index in [2.05, 4.69) is 6.07 Å². The molecule has 2 aromatic carbocycles. The van der Waals surface area contributed by atoms with E-state index in [0.717, 1.165) is 44.6 Å². The third-order valence-electron chi connectivity index (χ3n) is 5.33. The minimum atomic E-state index is -2.22. The molecule has 4 rings (SSSR count). The first-order valence-electron chi connectivity index (χ1n) is 11.5. The summed E-state index contributed by atoms with van der Waals surface area (Å²) in [6, 6.07) is 13.3. The van der Waals surface area contributed by atoms with E-state index >= 15 is 0 Å². The van der Waals surface area contributed by atoms with Gasteiger partial charge in [-0.15, -0.1) is 0 Å². The number of hydrogen-bond acceptors (Lipinski definition) is 0. The van der Waals surface area contributed by atoms with Crippen molar-refractivity contribution in [2.75, 3.05) is 0 Å². The summed E-state index contributed by atoms with van der Waals surface area (Å²) in [6.07, 6.45) is 1.64. The molecule has 1 heteroatoms. The first kappa shape index (κ1) is 10.6. The summed E-state index contributed by atoms with van der Waals surface area (Å²) in [6.45, 7) is 1.41. The van der Waals surface area contributed by atoms with Crippen molar-refractivity contribution in [1.82, 2.24) is 0 Å². The minimum absolute atomic E-state index is 0.271. The highest BCUT2D eigenvalue weighted by Crippen LogP contribution is 2.52. The highest BCUT2D eigenvalue weighted by molar-refractivity contribution is 5.92. The zero-order valence-corrected chi connectivity index (χ0v) is 15.1. The monoisotopic (exact) mass is 334 g/mol. The second-order valence-electron chi connectivity index (χ2n) is 7.27. The molecule has 0 fully saturated rings. The molecule has 3 aromatic rings. The molecule has 1 aliphatic rings. The van der Waals surface area contributed by atoms with Gasteiger partial charge in [-0.2, -0.15) is 0 Å². The average molecular weight is 335 g/mol. The fourth-order valence-electron chi connectivity index (χ4n) is 4.05. The quantitative estimate of drug-likeness (QED) is 0.524. The molecular weight excluding hydrogens is 302 g/mol. The van der Waals surface area contributed by atoms with Crippen LogP contribution in [0.5, 0.6) is 0 Å². The molecule has 25 heavy (non-hydrogen) atoms. The summed E-state index contributed by atoms with van der Waals surface area (Å²) >= 11 is 0. The molecule has 0 N–H and O–H groups in total. The third kappa shape index (κ3) is 2.26. The Labute approximate surface area is 159 Å². The molecule has 126 valence electrons. The van der Waals surface area contributed by atoms with E-state index in [0.29, 0.717) is 0 Å². The van der Waals surface area contributed by atoms with Gasteiger partial charge in [0.1, 0.15) is 7.05 Å². The van der Waals surface area contributed by atoms with Crippen molar-refractivity contribution >= 4 is 0 Å². The average Bonchev–Trinajstić information content (AvgIpc) is 2.90. The normalized spacial score (nSPS) is 22.7. The molecular formula is C24H26N+. The van der Waals surface area contributed by atoms with Gasteiger partial charge < -0.3 is 0 Å². The maximum absolute atomic E-state index is 8.37. The first-order chi connectivity index (χ1) is 14.3. The van der Waals surface area contributed by atoms with Gasteiger partial charge >= 0.3 is 0 Å². The number of benzene rings is 2. The lowest BCUT2D eigenvalue weighted by atomic mass is 9.81. The van der Waals surface area contributed by atoms with Crippen molar-refractivity contribution in [3.8, 4) is 22.4 Å². The molecule has 1 nitrogen and oxygen atoms in total. The Morgan fingerprint density at radius 3 is 2.40 bits per heavy atom. The lowest BCUT2D eigenvalue weighted by Gasteiger charge is -2.22. The lowest BCUT2D eigenvalue weighted by molar-refractivity contribution is -0.660. The topological polar surface area (TPSA) is 3.88 Å².